The van der Waals surface area contributed by atoms with Crippen LogP contribution in [-0.4, -0.2) is 5.75 Å². The summed E-state index contributed by atoms with van der Waals surface area (Å²) in [6.07, 6.45) is 8.11. The van der Waals surface area contributed by atoms with Gasteiger partial charge in [0.1, 0.15) is 0 Å². The van der Waals surface area contributed by atoms with Gasteiger partial charge in [-0.1, -0.05) is 39.0 Å². The SMILES string of the molecule is CCCCCCCCSc1ccc(C#N)cc1. The van der Waals surface area contributed by atoms with Gasteiger partial charge in [-0.15, -0.1) is 11.8 Å². The molecule has 1 nitrogen and oxygen atoms in total. The fourth-order valence-corrected chi connectivity index (χ4v) is 2.61. The molecule has 0 spiro atoms. The van der Waals surface area contributed by atoms with E-state index in [1.807, 2.05) is 36.0 Å². The van der Waals surface area contributed by atoms with Crippen molar-refractivity contribution in [2.75, 3.05) is 5.75 Å². The van der Waals surface area contributed by atoms with Crippen LogP contribution in [0.1, 0.15) is 51.0 Å². The molecule has 17 heavy (non-hydrogen) atoms. The molecule has 1 aromatic rings. The quantitative estimate of drug-likeness (QED) is 0.476. The lowest BCUT2D eigenvalue weighted by Crippen LogP contribution is -1.83. The van der Waals surface area contributed by atoms with E-state index in [4.69, 9.17) is 5.26 Å². The Labute approximate surface area is 109 Å². The molecular formula is C15H21NS. The zero-order valence-electron chi connectivity index (χ0n) is 10.6. The van der Waals surface area contributed by atoms with Crippen LogP contribution in [0.4, 0.5) is 0 Å². The lowest BCUT2D eigenvalue weighted by molar-refractivity contribution is 0.627. The van der Waals surface area contributed by atoms with E-state index in [-0.39, 0.29) is 0 Å². The molecule has 0 saturated heterocycles. The van der Waals surface area contributed by atoms with Crippen LogP contribution < -0.4 is 0 Å². The third kappa shape index (κ3) is 6.38. The Bertz CT molecular complexity index is 337. The molecule has 0 unspecified atom stereocenters. The Balaban J connectivity index is 2.08. The van der Waals surface area contributed by atoms with Crippen LogP contribution in [0.3, 0.4) is 0 Å². The summed E-state index contributed by atoms with van der Waals surface area (Å²) in [4.78, 5) is 1.28. The molecule has 2 heteroatoms. The molecule has 0 radical (unpaired) electrons. The number of nitriles is 1. The normalized spacial score (nSPS) is 10.1. The number of thioether (sulfide) groups is 1. The van der Waals surface area contributed by atoms with Gasteiger partial charge in [0.2, 0.25) is 0 Å². The average Bonchev–Trinajstić information content (AvgIpc) is 2.38. The van der Waals surface area contributed by atoms with Crippen LogP contribution in [0, 0.1) is 11.3 Å². The Morgan fingerprint density at radius 2 is 1.65 bits per heavy atom. The smallest absolute Gasteiger partial charge is 0.0991 e. The molecule has 0 fully saturated rings. The average molecular weight is 247 g/mol. The lowest BCUT2D eigenvalue weighted by Gasteiger charge is -2.02. The first kappa shape index (κ1) is 14.1. The predicted octanol–water partition coefficient (Wildman–Crippen LogP) is 5.01. The molecule has 0 aliphatic rings. The van der Waals surface area contributed by atoms with Gasteiger partial charge >= 0.3 is 0 Å². The molecule has 0 saturated carbocycles. The minimum Gasteiger partial charge on any atom is -0.192 e. The molecule has 0 amide bonds. The maximum absolute atomic E-state index is 8.69. The zero-order valence-corrected chi connectivity index (χ0v) is 11.4. The van der Waals surface area contributed by atoms with E-state index in [1.165, 1.54) is 49.2 Å². The van der Waals surface area contributed by atoms with Crippen molar-refractivity contribution in [2.24, 2.45) is 0 Å². The molecule has 0 bridgehead atoms. The standard InChI is InChI=1S/C15H21NS/c1-2-3-4-5-6-7-12-17-15-10-8-14(13-16)9-11-15/h8-11H,2-7,12H2,1H3. The minimum atomic E-state index is 0.744. The van der Waals surface area contributed by atoms with E-state index < -0.39 is 0 Å². The summed E-state index contributed by atoms with van der Waals surface area (Å²) >= 11 is 1.89. The second kappa shape index (κ2) is 9.13. The van der Waals surface area contributed by atoms with Crippen molar-refractivity contribution in [1.29, 1.82) is 5.26 Å². The highest BCUT2D eigenvalue weighted by Gasteiger charge is 1.95. The maximum Gasteiger partial charge on any atom is 0.0991 e. The van der Waals surface area contributed by atoms with Crippen LogP contribution in [0.5, 0.6) is 0 Å². The summed E-state index contributed by atoms with van der Waals surface area (Å²) in [7, 11) is 0. The Morgan fingerprint density at radius 3 is 2.29 bits per heavy atom. The van der Waals surface area contributed by atoms with Crippen molar-refractivity contribution >= 4 is 11.8 Å². The molecule has 0 heterocycles. The van der Waals surface area contributed by atoms with Gasteiger partial charge in [0.15, 0.2) is 0 Å². The number of hydrogen-bond donors (Lipinski definition) is 0. The van der Waals surface area contributed by atoms with E-state index >= 15 is 0 Å². The first-order valence-corrected chi connectivity index (χ1v) is 7.48. The topological polar surface area (TPSA) is 23.8 Å². The largest absolute Gasteiger partial charge is 0.192 e. The molecule has 0 N–H and O–H groups in total. The van der Waals surface area contributed by atoms with Crippen molar-refractivity contribution in [1.82, 2.24) is 0 Å². The highest BCUT2D eigenvalue weighted by Crippen LogP contribution is 2.20. The third-order valence-electron chi connectivity index (χ3n) is 2.75. The third-order valence-corrected chi connectivity index (χ3v) is 3.85. The van der Waals surface area contributed by atoms with Crippen LogP contribution in [0.15, 0.2) is 29.2 Å². The Hall–Kier alpha value is -0.940. The lowest BCUT2D eigenvalue weighted by atomic mass is 10.1. The summed E-state index contributed by atoms with van der Waals surface area (Å²) in [6, 6.07) is 10.0. The van der Waals surface area contributed by atoms with E-state index in [9.17, 15) is 0 Å². The highest BCUT2D eigenvalue weighted by atomic mass is 32.2. The van der Waals surface area contributed by atoms with Crippen molar-refractivity contribution in [3.63, 3.8) is 0 Å². The Kier molecular flexibility index (Phi) is 7.58. The van der Waals surface area contributed by atoms with Gasteiger partial charge in [0, 0.05) is 4.90 Å². The molecular weight excluding hydrogens is 226 g/mol. The molecule has 0 aliphatic heterocycles. The van der Waals surface area contributed by atoms with Gasteiger partial charge in [0.25, 0.3) is 0 Å². The van der Waals surface area contributed by atoms with Crippen LogP contribution in [-0.2, 0) is 0 Å². The van der Waals surface area contributed by atoms with Crippen LogP contribution in [0.25, 0.3) is 0 Å². The zero-order chi connectivity index (χ0) is 12.3. The van der Waals surface area contributed by atoms with E-state index in [2.05, 4.69) is 13.0 Å². The number of hydrogen-bond acceptors (Lipinski definition) is 2. The summed E-state index contributed by atoms with van der Waals surface area (Å²) in [5.74, 6) is 1.19. The Morgan fingerprint density at radius 1 is 1.00 bits per heavy atom. The molecule has 92 valence electrons. The van der Waals surface area contributed by atoms with Crippen LogP contribution >= 0.6 is 11.8 Å². The second-order valence-corrected chi connectivity index (χ2v) is 5.42. The number of nitrogens with zero attached hydrogens (tertiary/aromatic N) is 1. The van der Waals surface area contributed by atoms with Gasteiger partial charge in [0.05, 0.1) is 11.6 Å². The molecule has 1 rings (SSSR count). The van der Waals surface area contributed by atoms with Gasteiger partial charge < -0.3 is 0 Å². The molecule has 0 aliphatic carbocycles. The van der Waals surface area contributed by atoms with Crippen molar-refractivity contribution < 1.29 is 0 Å². The van der Waals surface area contributed by atoms with E-state index in [0.29, 0.717) is 0 Å². The minimum absolute atomic E-state index is 0.744. The fraction of sp³-hybridized carbons (Fsp3) is 0.533. The van der Waals surface area contributed by atoms with Gasteiger partial charge in [-0.3, -0.25) is 0 Å². The molecule has 1 aromatic carbocycles. The van der Waals surface area contributed by atoms with Gasteiger partial charge in [-0.2, -0.15) is 5.26 Å². The highest BCUT2D eigenvalue weighted by molar-refractivity contribution is 7.99. The fourth-order valence-electron chi connectivity index (χ4n) is 1.70. The summed E-state index contributed by atoms with van der Waals surface area (Å²) < 4.78 is 0. The van der Waals surface area contributed by atoms with Crippen molar-refractivity contribution in [3.05, 3.63) is 29.8 Å². The van der Waals surface area contributed by atoms with E-state index in [0.717, 1.165) is 5.56 Å². The molecule has 0 atom stereocenters. The maximum atomic E-state index is 8.69. The first-order chi connectivity index (χ1) is 8.36. The second-order valence-electron chi connectivity index (χ2n) is 4.25. The van der Waals surface area contributed by atoms with Crippen molar-refractivity contribution in [2.45, 2.75) is 50.3 Å². The number of unbranched alkanes of at least 4 members (excludes halogenated alkanes) is 5. The van der Waals surface area contributed by atoms with Crippen molar-refractivity contribution in [3.8, 4) is 6.07 Å². The van der Waals surface area contributed by atoms with Crippen LogP contribution in [0.2, 0.25) is 0 Å². The summed E-state index contributed by atoms with van der Waals surface area (Å²) in [5.41, 5.74) is 0.744. The van der Waals surface area contributed by atoms with Gasteiger partial charge in [-0.25, -0.2) is 0 Å². The predicted molar refractivity (Wildman–Crippen MR) is 75.3 cm³/mol. The summed E-state index contributed by atoms with van der Waals surface area (Å²) in [5, 5.41) is 8.69. The first-order valence-electron chi connectivity index (χ1n) is 6.49. The number of benzene rings is 1. The van der Waals surface area contributed by atoms with Gasteiger partial charge in [-0.05, 0) is 36.4 Å². The number of rotatable bonds is 8. The summed E-state index contributed by atoms with van der Waals surface area (Å²) in [6.45, 7) is 2.25. The molecule has 0 aromatic heterocycles. The van der Waals surface area contributed by atoms with E-state index in [1.54, 1.807) is 0 Å². The monoisotopic (exact) mass is 247 g/mol.